The predicted octanol–water partition coefficient (Wildman–Crippen LogP) is 3.18. The second kappa shape index (κ2) is 2.83. The molecule has 0 aromatic carbocycles. The molecule has 0 bridgehead atoms. The van der Waals surface area contributed by atoms with E-state index in [9.17, 15) is 4.79 Å². The first-order valence-corrected chi connectivity index (χ1v) is 5.54. The molecule has 0 aromatic rings. The SMILES string of the molecule is CC1(C)CCC(C=O)(C2CC2)CC1. The van der Waals surface area contributed by atoms with Gasteiger partial charge < -0.3 is 4.79 Å². The zero-order valence-electron chi connectivity index (χ0n) is 8.81. The van der Waals surface area contributed by atoms with Gasteiger partial charge in [-0.2, -0.15) is 0 Å². The highest BCUT2D eigenvalue weighted by Gasteiger charge is 2.48. The molecule has 0 amide bonds. The minimum absolute atomic E-state index is 0.107. The summed E-state index contributed by atoms with van der Waals surface area (Å²) in [6, 6.07) is 0. The summed E-state index contributed by atoms with van der Waals surface area (Å²) >= 11 is 0. The molecule has 0 N–H and O–H groups in total. The lowest BCUT2D eigenvalue weighted by molar-refractivity contribution is -0.120. The van der Waals surface area contributed by atoms with Gasteiger partial charge >= 0.3 is 0 Å². The van der Waals surface area contributed by atoms with Gasteiger partial charge in [0.25, 0.3) is 0 Å². The third kappa shape index (κ3) is 1.66. The van der Waals surface area contributed by atoms with E-state index in [-0.39, 0.29) is 5.41 Å². The average molecular weight is 180 g/mol. The van der Waals surface area contributed by atoms with Crippen LogP contribution in [0.4, 0.5) is 0 Å². The topological polar surface area (TPSA) is 17.1 Å². The number of hydrogen-bond donors (Lipinski definition) is 0. The molecule has 13 heavy (non-hydrogen) atoms. The highest BCUT2D eigenvalue weighted by Crippen LogP contribution is 2.55. The average Bonchev–Trinajstić information content (AvgIpc) is 2.89. The number of carbonyl (C=O) groups excluding carboxylic acids is 1. The van der Waals surface area contributed by atoms with Gasteiger partial charge in [0.1, 0.15) is 6.29 Å². The second-order valence-corrected chi connectivity index (χ2v) is 5.79. The Morgan fingerprint density at radius 3 is 2.00 bits per heavy atom. The maximum Gasteiger partial charge on any atom is 0.126 e. The zero-order valence-corrected chi connectivity index (χ0v) is 8.81. The summed E-state index contributed by atoms with van der Waals surface area (Å²) in [5.74, 6) is 0.751. The maximum atomic E-state index is 11.2. The molecule has 0 aliphatic heterocycles. The standard InChI is InChI=1S/C12H20O/c1-11(2)5-7-12(9-13,8-6-11)10-3-4-10/h9-10H,3-8H2,1-2H3. The summed E-state index contributed by atoms with van der Waals surface area (Å²) in [5, 5.41) is 0. The summed E-state index contributed by atoms with van der Waals surface area (Å²) in [6.07, 6.45) is 8.66. The Labute approximate surface area is 80.9 Å². The van der Waals surface area contributed by atoms with Crippen LogP contribution in [-0.2, 0) is 4.79 Å². The minimum atomic E-state index is 0.107. The fraction of sp³-hybridized carbons (Fsp3) is 0.917. The smallest absolute Gasteiger partial charge is 0.126 e. The molecular weight excluding hydrogens is 160 g/mol. The van der Waals surface area contributed by atoms with Crippen molar-refractivity contribution in [2.75, 3.05) is 0 Å². The van der Waals surface area contributed by atoms with E-state index >= 15 is 0 Å². The van der Waals surface area contributed by atoms with E-state index in [1.807, 2.05) is 0 Å². The number of hydrogen-bond acceptors (Lipinski definition) is 1. The van der Waals surface area contributed by atoms with Crippen molar-refractivity contribution in [1.82, 2.24) is 0 Å². The number of rotatable bonds is 2. The highest BCUT2D eigenvalue weighted by atomic mass is 16.1. The summed E-state index contributed by atoms with van der Waals surface area (Å²) in [5.41, 5.74) is 0.594. The van der Waals surface area contributed by atoms with Crippen molar-refractivity contribution < 1.29 is 4.79 Å². The molecular formula is C12H20O. The molecule has 2 aliphatic rings. The Balaban J connectivity index is 2.05. The fourth-order valence-corrected chi connectivity index (χ4v) is 2.67. The van der Waals surface area contributed by atoms with Crippen molar-refractivity contribution in [3.05, 3.63) is 0 Å². The van der Waals surface area contributed by atoms with Gasteiger partial charge in [-0.1, -0.05) is 13.8 Å². The minimum Gasteiger partial charge on any atom is -0.303 e. The lowest BCUT2D eigenvalue weighted by Crippen LogP contribution is -2.34. The lowest BCUT2D eigenvalue weighted by atomic mass is 9.64. The van der Waals surface area contributed by atoms with Crippen molar-refractivity contribution in [2.45, 2.75) is 52.4 Å². The van der Waals surface area contributed by atoms with Gasteiger partial charge in [-0.3, -0.25) is 0 Å². The molecule has 0 aromatic heterocycles. The summed E-state index contributed by atoms with van der Waals surface area (Å²) in [7, 11) is 0. The quantitative estimate of drug-likeness (QED) is 0.596. The van der Waals surface area contributed by atoms with Crippen LogP contribution in [0, 0.1) is 16.7 Å². The van der Waals surface area contributed by atoms with Crippen LogP contribution in [0.2, 0.25) is 0 Å². The Kier molecular flexibility index (Phi) is 2.01. The lowest BCUT2D eigenvalue weighted by Gasteiger charge is -2.40. The van der Waals surface area contributed by atoms with Crippen LogP contribution in [0.25, 0.3) is 0 Å². The normalized spacial score (nSPS) is 31.2. The van der Waals surface area contributed by atoms with Crippen molar-refractivity contribution in [3.63, 3.8) is 0 Å². The van der Waals surface area contributed by atoms with Gasteiger partial charge in [-0.05, 0) is 49.9 Å². The maximum absolute atomic E-state index is 11.2. The molecule has 2 rings (SSSR count). The van der Waals surface area contributed by atoms with Gasteiger partial charge in [-0.15, -0.1) is 0 Å². The van der Waals surface area contributed by atoms with E-state index in [0.29, 0.717) is 5.41 Å². The Morgan fingerprint density at radius 2 is 1.62 bits per heavy atom. The monoisotopic (exact) mass is 180 g/mol. The van der Waals surface area contributed by atoms with Gasteiger partial charge in [0.15, 0.2) is 0 Å². The van der Waals surface area contributed by atoms with Gasteiger partial charge in [-0.25, -0.2) is 0 Å². The third-order valence-corrected chi connectivity index (χ3v) is 4.16. The molecule has 0 saturated heterocycles. The third-order valence-electron chi connectivity index (χ3n) is 4.16. The molecule has 0 heterocycles. The summed E-state index contributed by atoms with van der Waals surface area (Å²) in [4.78, 5) is 11.2. The van der Waals surface area contributed by atoms with E-state index in [2.05, 4.69) is 13.8 Å². The van der Waals surface area contributed by atoms with Gasteiger partial charge in [0.2, 0.25) is 0 Å². The number of aldehydes is 1. The second-order valence-electron chi connectivity index (χ2n) is 5.79. The van der Waals surface area contributed by atoms with Crippen LogP contribution in [-0.4, -0.2) is 6.29 Å². The molecule has 2 saturated carbocycles. The Bertz CT molecular complexity index is 203. The van der Waals surface area contributed by atoms with E-state index in [4.69, 9.17) is 0 Å². The molecule has 1 nitrogen and oxygen atoms in total. The van der Waals surface area contributed by atoms with Crippen LogP contribution < -0.4 is 0 Å². The van der Waals surface area contributed by atoms with Gasteiger partial charge in [0, 0.05) is 5.41 Å². The largest absolute Gasteiger partial charge is 0.303 e. The Morgan fingerprint density at radius 1 is 1.08 bits per heavy atom. The van der Waals surface area contributed by atoms with Crippen molar-refractivity contribution >= 4 is 6.29 Å². The van der Waals surface area contributed by atoms with E-state index in [1.165, 1.54) is 32.0 Å². The number of carbonyl (C=O) groups is 1. The zero-order chi connectivity index (χ0) is 9.53. The van der Waals surface area contributed by atoms with Crippen molar-refractivity contribution in [2.24, 2.45) is 16.7 Å². The van der Waals surface area contributed by atoms with Crippen LogP contribution in [0.15, 0.2) is 0 Å². The van der Waals surface area contributed by atoms with E-state index in [0.717, 1.165) is 18.8 Å². The van der Waals surface area contributed by atoms with E-state index < -0.39 is 0 Å². The van der Waals surface area contributed by atoms with Crippen LogP contribution in [0.5, 0.6) is 0 Å². The van der Waals surface area contributed by atoms with Crippen molar-refractivity contribution in [3.8, 4) is 0 Å². The molecule has 74 valence electrons. The van der Waals surface area contributed by atoms with E-state index in [1.54, 1.807) is 0 Å². The van der Waals surface area contributed by atoms with Gasteiger partial charge in [0.05, 0.1) is 0 Å². The first-order valence-electron chi connectivity index (χ1n) is 5.54. The predicted molar refractivity (Wildman–Crippen MR) is 53.5 cm³/mol. The van der Waals surface area contributed by atoms with Crippen LogP contribution in [0.3, 0.4) is 0 Å². The molecule has 0 unspecified atom stereocenters. The first kappa shape index (κ1) is 9.23. The molecule has 2 aliphatic carbocycles. The first-order chi connectivity index (χ1) is 6.08. The Hall–Kier alpha value is -0.330. The molecule has 0 spiro atoms. The molecule has 2 fully saturated rings. The summed E-state index contributed by atoms with van der Waals surface area (Å²) in [6.45, 7) is 4.66. The van der Waals surface area contributed by atoms with Crippen LogP contribution >= 0.6 is 0 Å². The van der Waals surface area contributed by atoms with Crippen molar-refractivity contribution in [1.29, 1.82) is 0 Å². The molecule has 0 radical (unpaired) electrons. The summed E-state index contributed by atoms with van der Waals surface area (Å²) < 4.78 is 0. The van der Waals surface area contributed by atoms with Crippen LogP contribution in [0.1, 0.15) is 52.4 Å². The molecule has 1 heteroatoms. The fourth-order valence-electron chi connectivity index (χ4n) is 2.67. The molecule has 0 atom stereocenters. The highest BCUT2D eigenvalue weighted by molar-refractivity contribution is 5.61.